The van der Waals surface area contributed by atoms with E-state index >= 15 is 0 Å². The van der Waals surface area contributed by atoms with Gasteiger partial charge in [-0.25, -0.2) is 4.98 Å². The molecule has 1 aromatic carbocycles. The summed E-state index contributed by atoms with van der Waals surface area (Å²) in [6.07, 6.45) is 6.66. The third-order valence-electron chi connectivity index (χ3n) is 4.46. The Labute approximate surface area is 123 Å². The predicted molar refractivity (Wildman–Crippen MR) is 83.5 cm³/mol. The molecule has 0 spiro atoms. The second-order valence-electron chi connectivity index (χ2n) is 6.16. The van der Waals surface area contributed by atoms with Gasteiger partial charge >= 0.3 is 0 Å². The summed E-state index contributed by atoms with van der Waals surface area (Å²) in [6, 6.07) is 7.03. The zero-order valence-electron chi connectivity index (χ0n) is 12.1. The van der Waals surface area contributed by atoms with Crippen LogP contribution in [-0.2, 0) is 0 Å². The van der Waals surface area contributed by atoms with Crippen molar-refractivity contribution in [3.05, 3.63) is 40.6 Å². The van der Waals surface area contributed by atoms with Gasteiger partial charge in [-0.2, -0.15) is 0 Å². The predicted octanol–water partition coefficient (Wildman–Crippen LogP) is 4.14. The molecule has 21 heavy (non-hydrogen) atoms. The molecule has 1 aromatic heterocycles. The minimum atomic E-state index is -0.378. The lowest BCUT2D eigenvalue weighted by atomic mass is 9.89. The van der Waals surface area contributed by atoms with Crippen LogP contribution in [0.2, 0.25) is 0 Å². The molecule has 0 aliphatic heterocycles. The largest absolute Gasteiger partial charge is 0.384 e. The zero-order valence-corrected chi connectivity index (χ0v) is 12.1. The summed E-state index contributed by atoms with van der Waals surface area (Å²) in [7, 11) is 0. The first-order chi connectivity index (χ1) is 10.1. The highest BCUT2D eigenvalue weighted by Gasteiger charge is 2.28. The molecule has 1 N–H and O–H groups in total. The van der Waals surface area contributed by atoms with Gasteiger partial charge in [-0.15, -0.1) is 0 Å². The minimum absolute atomic E-state index is 0.0585. The van der Waals surface area contributed by atoms with E-state index in [1.54, 1.807) is 12.3 Å². The fourth-order valence-electron chi connectivity index (χ4n) is 3.17. The monoisotopic (exact) mass is 285 g/mol. The van der Waals surface area contributed by atoms with Crippen LogP contribution in [-0.4, -0.2) is 16.5 Å². The normalized spacial score (nSPS) is 17.0. The first-order valence-corrected chi connectivity index (χ1v) is 7.35. The van der Waals surface area contributed by atoms with Crippen LogP contribution in [0.3, 0.4) is 0 Å². The van der Waals surface area contributed by atoms with Crippen LogP contribution < -0.4 is 5.32 Å². The molecule has 110 valence electrons. The third kappa shape index (κ3) is 2.68. The first-order valence-electron chi connectivity index (χ1n) is 7.35. The lowest BCUT2D eigenvalue weighted by Gasteiger charge is -2.24. The molecule has 5 heteroatoms. The minimum Gasteiger partial charge on any atom is -0.384 e. The molecule has 0 bridgehead atoms. The molecule has 0 saturated heterocycles. The number of aromatic nitrogens is 1. The Kier molecular flexibility index (Phi) is 3.49. The van der Waals surface area contributed by atoms with Gasteiger partial charge in [0.2, 0.25) is 0 Å². The van der Waals surface area contributed by atoms with Crippen molar-refractivity contribution in [3.8, 4) is 0 Å². The van der Waals surface area contributed by atoms with Crippen LogP contribution in [0.5, 0.6) is 0 Å². The van der Waals surface area contributed by atoms with Crippen molar-refractivity contribution in [2.24, 2.45) is 5.41 Å². The van der Waals surface area contributed by atoms with Gasteiger partial charge in [0.15, 0.2) is 0 Å². The van der Waals surface area contributed by atoms with Crippen LogP contribution in [0.1, 0.15) is 32.6 Å². The number of nitro groups is 1. The van der Waals surface area contributed by atoms with E-state index in [4.69, 9.17) is 0 Å². The molecule has 0 unspecified atom stereocenters. The van der Waals surface area contributed by atoms with Crippen molar-refractivity contribution in [2.75, 3.05) is 11.9 Å². The quantitative estimate of drug-likeness (QED) is 0.677. The van der Waals surface area contributed by atoms with E-state index in [0.717, 1.165) is 17.6 Å². The molecule has 1 saturated carbocycles. The van der Waals surface area contributed by atoms with Gasteiger partial charge in [-0.3, -0.25) is 10.1 Å². The smallest absolute Gasteiger partial charge is 0.295 e. The Hall–Kier alpha value is -2.17. The molecule has 3 rings (SSSR count). The van der Waals surface area contributed by atoms with Gasteiger partial charge < -0.3 is 5.32 Å². The van der Waals surface area contributed by atoms with E-state index < -0.39 is 0 Å². The standard InChI is InChI=1S/C16H19N3O2/c1-16(8-2-3-9-16)11-18-13-6-7-14(19(20)21)15-12(13)5-4-10-17-15/h4-7,10,18H,2-3,8-9,11H2,1H3. The summed E-state index contributed by atoms with van der Waals surface area (Å²) in [5.74, 6) is 0. The first kappa shape index (κ1) is 13.8. The number of rotatable bonds is 4. The maximum absolute atomic E-state index is 11.1. The second-order valence-corrected chi connectivity index (χ2v) is 6.16. The number of hydrogen-bond donors (Lipinski definition) is 1. The van der Waals surface area contributed by atoms with Crippen molar-refractivity contribution in [3.63, 3.8) is 0 Å². The molecule has 2 aromatic rings. The number of fused-ring (bicyclic) bond motifs is 1. The van der Waals surface area contributed by atoms with E-state index in [2.05, 4.69) is 17.2 Å². The Morgan fingerprint density at radius 3 is 2.81 bits per heavy atom. The van der Waals surface area contributed by atoms with Crippen LogP contribution in [0.25, 0.3) is 10.9 Å². The molecule has 1 fully saturated rings. The number of nitrogens with one attached hydrogen (secondary N) is 1. The number of benzene rings is 1. The van der Waals surface area contributed by atoms with Crippen molar-refractivity contribution >= 4 is 22.3 Å². The number of hydrogen-bond acceptors (Lipinski definition) is 4. The highest BCUT2D eigenvalue weighted by atomic mass is 16.6. The fourth-order valence-corrected chi connectivity index (χ4v) is 3.17. The molecule has 0 amide bonds. The average Bonchev–Trinajstić information content (AvgIpc) is 2.91. The lowest BCUT2D eigenvalue weighted by Crippen LogP contribution is -2.23. The molecule has 0 atom stereocenters. The average molecular weight is 285 g/mol. The fraction of sp³-hybridized carbons (Fsp3) is 0.438. The lowest BCUT2D eigenvalue weighted by molar-refractivity contribution is -0.383. The number of non-ortho nitro benzene ring substituents is 1. The van der Waals surface area contributed by atoms with Gasteiger partial charge in [0, 0.05) is 29.9 Å². The number of anilines is 1. The number of pyridine rings is 1. The van der Waals surface area contributed by atoms with E-state index in [1.807, 2.05) is 12.1 Å². The number of nitrogens with zero attached hydrogens (tertiary/aromatic N) is 2. The summed E-state index contributed by atoms with van der Waals surface area (Å²) in [6.45, 7) is 3.20. The van der Waals surface area contributed by atoms with E-state index in [0.29, 0.717) is 10.9 Å². The molecule has 0 radical (unpaired) electrons. The molecular formula is C16H19N3O2. The van der Waals surface area contributed by atoms with Crippen molar-refractivity contribution in [1.29, 1.82) is 0 Å². The Balaban J connectivity index is 1.92. The van der Waals surface area contributed by atoms with Gasteiger partial charge in [0.25, 0.3) is 5.69 Å². The molecule has 5 nitrogen and oxygen atoms in total. The third-order valence-corrected chi connectivity index (χ3v) is 4.46. The van der Waals surface area contributed by atoms with Crippen LogP contribution >= 0.6 is 0 Å². The Morgan fingerprint density at radius 2 is 2.10 bits per heavy atom. The molecule has 1 heterocycles. The van der Waals surface area contributed by atoms with Crippen LogP contribution in [0, 0.1) is 15.5 Å². The van der Waals surface area contributed by atoms with Crippen LogP contribution in [0.15, 0.2) is 30.5 Å². The summed E-state index contributed by atoms with van der Waals surface area (Å²) >= 11 is 0. The maximum Gasteiger partial charge on any atom is 0.295 e. The maximum atomic E-state index is 11.1. The van der Waals surface area contributed by atoms with E-state index in [1.165, 1.54) is 31.7 Å². The van der Waals surface area contributed by atoms with Gasteiger partial charge in [0.05, 0.1) is 4.92 Å². The summed E-state index contributed by atoms with van der Waals surface area (Å²) in [4.78, 5) is 14.9. The van der Waals surface area contributed by atoms with E-state index in [9.17, 15) is 10.1 Å². The topological polar surface area (TPSA) is 68.1 Å². The van der Waals surface area contributed by atoms with Crippen molar-refractivity contribution < 1.29 is 4.92 Å². The SMILES string of the molecule is CC1(CNc2ccc([N+](=O)[O-])c3ncccc23)CCCC1. The van der Waals surface area contributed by atoms with Gasteiger partial charge in [-0.1, -0.05) is 19.8 Å². The van der Waals surface area contributed by atoms with Gasteiger partial charge in [0.1, 0.15) is 5.52 Å². The van der Waals surface area contributed by atoms with Crippen molar-refractivity contribution in [1.82, 2.24) is 4.98 Å². The highest BCUT2D eigenvalue weighted by molar-refractivity contribution is 5.96. The number of nitro benzene ring substituents is 1. The summed E-state index contributed by atoms with van der Waals surface area (Å²) < 4.78 is 0. The zero-order chi connectivity index (χ0) is 14.9. The Bertz CT molecular complexity index is 678. The molecule has 1 aliphatic rings. The highest BCUT2D eigenvalue weighted by Crippen LogP contribution is 2.38. The molecular weight excluding hydrogens is 266 g/mol. The Morgan fingerprint density at radius 1 is 1.33 bits per heavy atom. The van der Waals surface area contributed by atoms with Crippen molar-refractivity contribution in [2.45, 2.75) is 32.6 Å². The second kappa shape index (κ2) is 5.31. The van der Waals surface area contributed by atoms with Gasteiger partial charge in [-0.05, 0) is 36.5 Å². The molecule has 1 aliphatic carbocycles. The summed E-state index contributed by atoms with van der Waals surface area (Å²) in [5.41, 5.74) is 1.76. The summed E-state index contributed by atoms with van der Waals surface area (Å²) in [5, 5.41) is 15.4. The van der Waals surface area contributed by atoms with E-state index in [-0.39, 0.29) is 10.6 Å². The van der Waals surface area contributed by atoms with Crippen LogP contribution in [0.4, 0.5) is 11.4 Å².